The molecule has 94 valence electrons. The van der Waals surface area contributed by atoms with Crippen LogP contribution in [0.4, 0.5) is 5.82 Å². The molecule has 1 rings (SSSR count). The number of carbonyl (C=O) groups excluding carboxylic acids is 1. The van der Waals surface area contributed by atoms with Crippen molar-refractivity contribution in [2.75, 3.05) is 18.6 Å². The summed E-state index contributed by atoms with van der Waals surface area (Å²) < 4.78 is 5.14. The standard InChI is InChI=1S/C10H15ClN4O2/c1-6(2)15(4-7(12)16)10-8(17-3)9(11)13-5-14-10/h5-6H,4H2,1-3H3,(H2,12,16). The molecule has 7 heteroatoms. The first-order valence-corrected chi connectivity index (χ1v) is 5.44. The van der Waals surface area contributed by atoms with Crippen LogP contribution in [0.1, 0.15) is 13.8 Å². The number of primary amides is 1. The molecule has 0 fully saturated rings. The number of rotatable bonds is 5. The lowest BCUT2D eigenvalue weighted by atomic mass is 10.3. The van der Waals surface area contributed by atoms with Crippen LogP contribution < -0.4 is 15.4 Å². The highest BCUT2D eigenvalue weighted by Gasteiger charge is 2.21. The Morgan fingerprint density at radius 2 is 2.24 bits per heavy atom. The average Bonchev–Trinajstić information content (AvgIpc) is 2.25. The first-order chi connectivity index (χ1) is 7.97. The fourth-order valence-electron chi connectivity index (χ4n) is 1.39. The van der Waals surface area contributed by atoms with Gasteiger partial charge in [0.15, 0.2) is 16.7 Å². The van der Waals surface area contributed by atoms with E-state index in [2.05, 4.69) is 9.97 Å². The van der Waals surface area contributed by atoms with Gasteiger partial charge in [0.2, 0.25) is 5.91 Å². The van der Waals surface area contributed by atoms with Gasteiger partial charge < -0.3 is 15.4 Å². The number of carbonyl (C=O) groups is 1. The van der Waals surface area contributed by atoms with Gasteiger partial charge in [-0.25, -0.2) is 9.97 Å². The molecular weight excluding hydrogens is 244 g/mol. The molecule has 1 aromatic heterocycles. The van der Waals surface area contributed by atoms with Crippen molar-refractivity contribution in [3.63, 3.8) is 0 Å². The third kappa shape index (κ3) is 3.20. The molecule has 0 atom stereocenters. The predicted molar refractivity (Wildman–Crippen MR) is 65.3 cm³/mol. The van der Waals surface area contributed by atoms with Crippen LogP contribution in [0.2, 0.25) is 5.15 Å². The molecule has 6 nitrogen and oxygen atoms in total. The van der Waals surface area contributed by atoms with Crippen molar-refractivity contribution < 1.29 is 9.53 Å². The molecule has 1 heterocycles. The molecule has 0 aliphatic rings. The van der Waals surface area contributed by atoms with Gasteiger partial charge >= 0.3 is 0 Å². The van der Waals surface area contributed by atoms with Crippen LogP contribution in [0, 0.1) is 0 Å². The Labute approximate surface area is 105 Å². The van der Waals surface area contributed by atoms with E-state index in [4.69, 9.17) is 22.1 Å². The van der Waals surface area contributed by atoms with Crippen LogP contribution >= 0.6 is 11.6 Å². The topological polar surface area (TPSA) is 81.3 Å². The number of nitrogens with zero attached hydrogens (tertiary/aromatic N) is 3. The summed E-state index contributed by atoms with van der Waals surface area (Å²) in [4.78, 5) is 20.6. The van der Waals surface area contributed by atoms with Crippen LogP contribution in [0.25, 0.3) is 0 Å². The van der Waals surface area contributed by atoms with Crippen molar-refractivity contribution in [3.05, 3.63) is 11.5 Å². The minimum absolute atomic E-state index is 0.0300. The van der Waals surface area contributed by atoms with Crippen molar-refractivity contribution in [3.8, 4) is 5.75 Å². The summed E-state index contributed by atoms with van der Waals surface area (Å²) in [5, 5.41) is 0.202. The molecule has 0 unspecified atom stereocenters. The number of nitrogens with two attached hydrogens (primary N) is 1. The van der Waals surface area contributed by atoms with Crippen LogP contribution in [0.3, 0.4) is 0 Å². The maximum atomic E-state index is 11.0. The molecule has 0 bridgehead atoms. The molecular formula is C10H15ClN4O2. The van der Waals surface area contributed by atoms with Crippen LogP contribution in [-0.4, -0.2) is 35.6 Å². The van der Waals surface area contributed by atoms with Gasteiger partial charge in [0.1, 0.15) is 6.33 Å². The Kier molecular flexibility index (Phi) is 4.51. The number of hydrogen-bond acceptors (Lipinski definition) is 5. The van der Waals surface area contributed by atoms with Gasteiger partial charge in [0.05, 0.1) is 13.7 Å². The second-order valence-corrected chi connectivity index (χ2v) is 4.07. The van der Waals surface area contributed by atoms with E-state index in [0.717, 1.165) is 0 Å². The minimum Gasteiger partial charge on any atom is -0.490 e. The number of ether oxygens (including phenoxy) is 1. The Morgan fingerprint density at radius 3 is 2.71 bits per heavy atom. The summed E-state index contributed by atoms with van der Waals surface area (Å²) in [6.45, 7) is 3.87. The summed E-state index contributed by atoms with van der Waals surface area (Å²) in [5.74, 6) is 0.348. The first kappa shape index (κ1) is 13.5. The van der Waals surface area contributed by atoms with E-state index < -0.39 is 5.91 Å². The van der Waals surface area contributed by atoms with Crippen molar-refractivity contribution in [1.29, 1.82) is 0 Å². The van der Waals surface area contributed by atoms with E-state index in [1.807, 2.05) is 13.8 Å². The molecule has 1 amide bonds. The molecule has 2 N–H and O–H groups in total. The highest BCUT2D eigenvalue weighted by atomic mass is 35.5. The van der Waals surface area contributed by atoms with Crippen molar-refractivity contribution in [1.82, 2.24) is 9.97 Å². The molecule has 0 saturated heterocycles. The lowest BCUT2D eigenvalue weighted by Crippen LogP contribution is -2.39. The van der Waals surface area contributed by atoms with Gasteiger partial charge in [-0.15, -0.1) is 0 Å². The molecule has 0 spiro atoms. The third-order valence-corrected chi connectivity index (χ3v) is 2.44. The van der Waals surface area contributed by atoms with Gasteiger partial charge in [0.25, 0.3) is 0 Å². The average molecular weight is 259 g/mol. The lowest BCUT2D eigenvalue weighted by molar-refractivity contribution is -0.116. The number of methoxy groups -OCH3 is 1. The second kappa shape index (κ2) is 5.67. The maximum Gasteiger partial charge on any atom is 0.237 e. The second-order valence-electron chi connectivity index (χ2n) is 3.71. The zero-order valence-corrected chi connectivity index (χ0v) is 10.7. The number of anilines is 1. The summed E-state index contributed by atoms with van der Waals surface area (Å²) in [5.41, 5.74) is 5.20. The summed E-state index contributed by atoms with van der Waals surface area (Å²) >= 11 is 5.90. The third-order valence-electron chi connectivity index (χ3n) is 2.17. The number of amides is 1. The van der Waals surface area contributed by atoms with E-state index in [9.17, 15) is 4.79 Å². The van der Waals surface area contributed by atoms with Crippen LogP contribution in [0.5, 0.6) is 5.75 Å². The number of hydrogen-bond donors (Lipinski definition) is 1. The van der Waals surface area contributed by atoms with Crippen molar-refractivity contribution in [2.24, 2.45) is 5.73 Å². The van der Waals surface area contributed by atoms with Crippen LogP contribution in [0.15, 0.2) is 6.33 Å². The Bertz CT molecular complexity index is 411. The van der Waals surface area contributed by atoms with Gasteiger partial charge in [-0.05, 0) is 13.8 Å². The predicted octanol–water partition coefficient (Wildman–Crippen LogP) is 0.839. The summed E-state index contributed by atoms with van der Waals surface area (Å²) in [6, 6.07) is 0.0300. The molecule has 0 aromatic carbocycles. The highest BCUT2D eigenvalue weighted by molar-refractivity contribution is 6.31. The molecule has 1 aromatic rings. The monoisotopic (exact) mass is 258 g/mol. The summed E-state index contributed by atoms with van der Waals surface area (Å²) in [7, 11) is 1.47. The molecule has 0 radical (unpaired) electrons. The Morgan fingerprint density at radius 1 is 1.59 bits per heavy atom. The van der Waals surface area contributed by atoms with Gasteiger partial charge in [0, 0.05) is 6.04 Å². The first-order valence-electron chi connectivity index (χ1n) is 5.06. The van der Waals surface area contributed by atoms with E-state index in [1.165, 1.54) is 13.4 Å². The van der Waals surface area contributed by atoms with E-state index in [1.54, 1.807) is 4.90 Å². The summed E-state index contributed by atoms with van der Waals surface area (Å²) in [6.07, 6.45) is 1.32. The highest BCUT2D eigenvalue weighted by Crippen LogP contribution is 2.32. The fraction of sp³-hybridized carbons (Fsp3) is 0.500. The largest absolute Gasteiger partial charge is 0.490 e. The Balaban J connectivity index is 3.18. The van der Waals surface area contributed by atoms with Crippen LogP contribution in [-0.2, 0) is 4.79 Å². The van der Waals surface area contributed by atoms with E-state index >= 15 is 0 Å². The Hall–Kier alpha value is -1.56. The molecule has 0 saturated carbocycles. The van der Waals surface area contributed by atoms with E-state index in [-0.39, 0.29) is 17.7 Å². The molecule has 17 heavy (non-hydrogen) atoms. The fourth-order valence-corrected chi connectivity index (χ4v) is 1.60. The zero-order valence-electron chi connectivity index (χ0n) is 9.98. The SMILES string of the molecule is COc1c(Cl)ncnc1N(CC(N)=O)C(C)C. The van der Waals surface area contributed by atoms with Gasteiger partial charge in [-0.3, -0.25) is 4.79 Å². The molecule has 0 aliphatic carbocycles. The van der Waals surface area contributed by atoms with Gasteiger partial charge in [-0.2, -0.15) is 0 Å². The number of halogens is 1. The van der Waals surface area contributed by atoms with E-state index in [0.29, 0.717) is 11.6 Å². The lowest BCUT2D eigenvalue weighted by Gasteiger charge is -2.27. The van der Waals surface area contributed by atoms with Crippen molar-refractivity contribution >= 4 is 23.3 Å². The normalized spacial score (nSPS) is 10.4. The quantitative estimate of drug-likeness (QED) is 0.792. The van der Waals surface area contributed by atoms with Gasteiger partial charge in [-0.1, -0.05) is 11.6 Å². The van der Waals surface area contributed by atoms with Crippen molar-refractivity contribution in [2.45, 2.75) is 19.9 Å². The number of aromatic nitrogens is 2. The smallest absolute Gasteiger partial charge is 0.237 e. The maximum absolute atomic E-state index is 11.0. The molecule has 0 aliphatic heterocycles. The zero-order chi connectivity index (χ0) is 13.0. The minimum atomic E-state index is -0.449.